The van der Waals surface area contributed by atoms with E-state index < -0.39 is 0 Å². The molecule has 0 atom stereocenters. The Labute approximate surface area is 161 Å². The highest BCUT2D eigenvalue weighted by Gasteiger charge is 2.22. The number of aryl methyl sites for hydroxylation is 1. The van der Waals surface area contributed by atoms with Crippen molar-refractivity contribution in [1.29, 1.82) is 0 Å². The van der Waals surface area contributed by atoms with Crippen molar-refractivity contribution in [3.05, 3.63) is 47.8 Å². The van der Waals surface area contributed by atoms with Crippen LogP contribution in [0.15, 0.2) is 36.5 Å². The molecule has 2 aromatic rings. The summed E-state index contributed by atoms with van der Waals surface area (Å²) < 4.78 is 1.85. The number of nitrogens with zero attached hydrogens (tertiary/aromatic N) is 3. The molecule has 3 rings (SSSR count). The van der Waals surface area contributed by atoms with Gasteiger partial charge in [-0.1, -0.05) is 49.4 Å². The van der Waals surface area contributed by atoms with E-state index in [1.165, 1.54) is 5.56 Å². The molecule has 1 aromatic carbocycles. The Balaban J connectivity index is 1.44. The second-order valence-corrected chi connectivity index (χ2v) is 8.25. The summed E-state index contributed by atoms with van der Waals surface area (Å²) in [6.45, 7) is 7.02. The van der Waals surface area contributed by atoms with Crippen LogP contribution in [0.4, 0.5) is 0 Å². The van der Waals surface area contributed by atoms with Crippen molar-refractivity contribution < 1.29 is 4.79 Å². The second kappa shape index (κ2) is 9.13. The summed E-state index contributed by atoms with van der Waals surface area (Å²) in [6.07, 6.45) is 7.08. The van der Waals surface area contributed by atoms with Gasteiger partial charge in [-0.15, -0.1) is 5.10 Å². The quantitative estimate of drug-likeness (QED) is 0.750. The first-order valence-electron chi connectivity index (χ1n) is 9.98. The van der Waals surface area contributed by atoms with Crippen molar-refractivity contribution in [2.45, 2.75) is 52.0 Å². The first-order valence-corrected chi connectivity index (χ1v) is 9.98. The fraction of sp³-hybridized carbons (Fsp3) is 0.571. The number of amides is 1. The summed E-state index contributed by atoms with van der Waals surface area (Å²) >= 11 is 0. The fourth-order valence-electron chi connectivity index (χ4n) is 3.54. The lowest BCUT2D eigenvalue weighted by Crippen LogP contribution is -2.34. The molecule has 1 fully saturated rings. The standard InChI is InChI=1S/C21H31N5O/c1-21(2,12-6-9-17-7-4-3-5-8-17)16-23-20(27)19-15-26(25-24-19)18-10-13-22-14-11-18/h3-5,7-8,15,18,22H,6,9-14,16H2,1-2H3,(H,23,27). The van der Waals surface area contributed by atoms with E-state index in [9.17, 15) is 4.79 Å². The zero-order chi connectivity index (χ0) is 19.1. The Kier molecular flexibility index (Phi) is 6.61. The van der Waals surface area contributed by atoms with Crippen molar-refractivity contribution in [2.24, 2.45) is 5.41 Å². The highest BCUT2D eigenvalue weighted by Crippen LogP contribution is 2.23. The first kappa shape index (κ1) is 19.5. The van der Waals surface area contributed by atoms with Gasteiger partial charge in [-0.25, -0.2) is 4.68 Å². The number of benzene rings is 1. The molecule has 6 heteroatoms. The Morgan fingerprint density at radius 1 is 1.26 bits per heavy atom. The first-order chi connectivity index (χ1) is 13.0. The summed E-state index contributed by atoms with van der Waals surface area (Å²) in [7, 11) is 0. The molecule has 0 saturated carbocycles. The molecule has 1 aromatic heterocycles. The number of hydrogen-bond donors (Lipinski definition) is 2. The van der Waals surface area contributed by atoms with Crippen LogP contribution in [0.3, 0.4) is 0 Å². The summed E-state index contributed by atoms with van der Waals surface area (Å²) in [5.74, 6) is -0.133. The van der Waals surface area contributed by atoms with E-state index in [2.05, 4.69) is 59.1 Å². The van der Waals surface area contributed by atoms with E-state index in [1.54, 1.807) is 6.20 Å². The topological polar surface area (TPSA) is 71.8 Å². The average molecular weight is 370 g/mol. The van der Waals surface area contributed by atoms with Crippen molar-refractivity contribution in [3.63, 3.8) is 0 Å². The lowest BCUT2D eigenvalue weighted by Gasteiger charge is -2.24. The van der Waals surface area contributed by atoms with Crippen LogP contribution >= 0.6 is 0 Å². The highest BCUT2D eigenvalue weighted by atomic mass is 16.2. The van der Waals surface area contributed by atoms with Crippen LogP contribution in [0.25, 0.3) is 0 Å². The predicted octanol–water partition coefficient (Wildman–Crippen LogP) is 2.98. The van der Waals surface area contributed by atoms with Gasteiger partial charge in [-0.3, -0.25) is 4.79 Å². The van der Waals surface area contributed by atoms with Crippen LogP contribution < -0.4 is 10.6 Å². The molecule has 0 aliphatic carbocycles. The molecule has 1 saturated heterocycles. The lowest BCUT2D eigenvalue weighted by molar-refractivity contribution is 0.0929. The number of nitrogens with one attached hydrogen (secondary N) is 2. The van der Waals surface area contributed by atoms with Gasteiger partial charge in [0.15, 0.2) is 5.69 Å². The Morgan fingerprint density at radius 2 is 2.00 bits per heavy atom. The largest absolute Gasteiger partial charge is 0.350 e. The minimum Gasteiger partial charge on any atom is -0.350 e. The third-order valence-corrected chi connectivity index (χ3v) is 5.32. The third kappa shape index (κ3) is 5.89. The Bertz CT molecular complexity index is 719. The molecular formula is C21H31N5O. The molecule has 0 radical (unpaired) electrons. The van der Waals surface area contributed by atoms with Crippen molar-refractivity contribution in [2.75, 3.05) is 19.6 Å². The SMILES string of the molecule is CC(C)(CCCc1ccccc1)CNC(=O)c1cn(C2CCNCC2)nn1. The molecule has 6 nitrogen and oxygen atoms in total. The smallest absolute Gasteiger partial charge is 0.273 e. The second-order valence-electron chi connectivity index (χ2n) is 8.25. The van der Waals surface area contributed by atoms with Gasteiger partial charge in [0.2, 0.25) is 0 Å². The molecule has 1 aliphatic heterocycles. The van der Waals surface area contributed by atoms with Crippen molar-refractivity contribution >= 4 is 5.91 Å². The van der Waals surface area contributed by atoms with E-state index in [0.29, 0.717) is 18.3 Å². The minimum absolute atomic E-state index is 0.0511. The van der Waals surface area contributed by atoms with E-state index in [1.807, 2.05) is 10.7 Å². The van der Waals surface area contributed by atoms with Crippen LogP contribution in [-0.4, -0.2) is 40.5 Å². The molecule has 27 heavy (non-hydrogen) atoms. The minimum atomic E-state index is -0.133. The van der Waals surface area contributed by atoms with Crippen LogP contribution in [0, 0.1) is 5.41 Å². The van der Waals surface area contributed by atoms with E-state index in [0.717, 1.165) is 45.2 Å². The molecule has 1 aliphatic rings. The van der Waals surface area contributed by atoms with E-state index >= 15 is 0 Å². The molecule has 146 valence electrons. The zero-order valence-electron chi connectivity index (χ0n) is 16.4. The fourth-order valence-corrected chi connectivity index (χ4v) is 3.54. The molecule has 0 unspecified atom stereocenters. The highest BCUT2D eigenvalue weighted by molar-refractivity contribution is 5.91. The van der Waals surface area contributed by atoms with Gasteiger partial charge in [0, 0.05) is 6.54 Å². The van der Waals surface area contributed by atoms with Gasteiger partial charge in [-0.2, -0.15) is 0 Å². The Morgan fingerprint density at radius 3 is 2.74 bits per heavy atom. The number of carbonyl (C=O) groups excluding carboxylic acids is 1. The molecule has 1 amide bonds. The normalized spacial score (nSPS) is 15.6. The molecule has 0 spiro atoms. The summed E-state index contributed by atoms with van der Waals surface area (Å²) in [5, 5.41) is 14.6. The maximum Gasteiger partial charge on any atom is 0.273 e. The van der Waals surface area contributed by atoms with Gasteiger partial charge in [0.1, 0.15) is 0 Å². The average Bonchev–Trinajstić information content (AvgIpc) is 3.18. The van der Waals surface area contributed by atoms with Crippen LogP contribution in [0.1, 0.15) is 61.6 Å². The monoisotopic (exact) mass is 369 g/mol. The van der Waals surface area contributed by atoms with Gasteiger partial charge in [0.25, 0.3) is 5.91 Å². The van der Waals surface area contributed by atoms with Gasteiger partial charge >= 0.3 is 0 Å². The van der Waals surface area contributed by atoms with Gasteiger partial charge < -0.3 is 10.6 Å². The molecular weight excluding hydrogens is 338 g/mol. The van der Waals surface area contributed by atoms with Gasteiger partial charge in [0.05, 0.1) is 12.2 Å². The predicted molar refractivity (Wildman–Crippen MR) is 107 cm³/mol. The summed E-state index contributed by atoms with van der Waals surface area (Å²) in [4.78, 5) is 12.4. The molecule has 2 heterocycles. The van der Waals surface area contributed by atoms with Crippen molar-refractivity contribution in [1.82, 2.24) is 25.6 Å². The number of rotatable bonds is 8. The van der Waals surface area contributed by atoms with Gasteiger partial charge in [-0.05, 0) is 56.2 Å². The number of carbonyl (C=O) groups is 1. The van der Waals surface area contributed by atoms with Crippen LogP contribution in [0.2, 0.25) is 0 Å². The maximum absolute atomic E-state index is 12.4. The number of aromatic nitrogens is 3. The lowest BCUT2D eigenvalue weighted by atomic mass is 9.86. The Hall–Kier alpha value is -2.21. The zero-order valence-corrected chi connectivity index (χ0v) is 16.4. The molecule has 2 N–H and O–H groups in total. The number of hydrogen-bond acceptors (Lipinski definition) is 4. The van der Waals surface area contributed by atoms with Crippen molar-refractivity contribution in [3.8, 4) is 0 Å². The van der Waals surface area contributed by atoms with Crippen LogP contribution in [-0.2, 0) is 6.42 Å². The molecule has 0 bridgehead atoms. The third-order valence-electron chi connectivity index (χ3n) is 5.32. The number of piperidine rings is 1. The van der Waals surface area contributed by atoms with E-state index in [4.69, 9.17) is 0 Å². The summed E-state index contributed by atoms with van der Waals surface area (Å²) in [5.41, 5.74) is 1.83. The van der Waals surface area contributed by atoms with E-state index in [-0.39, 0.29) is 11.3 Å². The summed E-state index contributed by atoms with van der Waals surface area (Å²) in [6, 6.07) is 10.9. The van der Waals surface area contributed by atoms with Crippen LogP contribution in [0.5, 0.6) is 0 Å². The maximum atomic E-state index is 12.4.